The summed E-state index contributed by atoms with van der Waals surface area (Å²) in [6.07, 6.45) is 5.68. The van der Waals surface area contributed by atoms with Crippen molar-refractivity contribution in [3.63, 3.8) is 0 Å². The van der Waals surface area contributed by atoms with Crippen LogP contribution in [0.3, 0.4) is 0 Å². The van der Waals surface area contributed by atoms with Gasteiger partial charge in [-0.3, -0.25) is 4.79 Å². The van der Waals surface area contributed by atoms with E-state index in [1.54, 1.807) is 24.3 Å². The Hall–Kier alpha value is -2.20. The Morgan fingerprint density at radius 3 is 2.45 bits per heavy atom. The van der Waals surface area contributed by atoms with E-state index in [9.17, 15) is 14.7 Å². The molecule has 2 fully saturated rings. The molecular formula is C27H34O4. The van der Waals surface area contributed by atoms with Gasteiger partial charge in [0.2, 0.25) is 5.78 Å². The summed E-state index contributed by atoms with van der Waals surface area (Å²) in [5.74, 6) is -0.485. The van der Waals surface area contributed by atoms with E-state index in [-0.39, 0.29) is 17.1 Å². The molecule has 4 nitrogen and oxygen atoms in total. The van der Waals surface area contributed by atoms with Crippen molar-refractivity contribution in [1.29, 1.82) is 0 Å². The lowest BCUT2D eigenvalue weighted by atomic mass is 9.81. The van der Waals surface area contributed by atoms with E-state index in [0.717, 1.165) is 18.4 Å². The molecule has 0 aromatic heterocycles. The Balaban J connectivity index is 1.80. The molecule has 0 aliphatic heterocycles. The number of fused-ring (bicyclic) bond motifs is 2. The first kappa shape index (κ1) is 22.0. The molecule has 166 valence electrons. The van der Waals surface area contributed by atoms with Crippen LogP contribution < -0.4 is 0 Å². The van der Waals surface area contributed by atoms with Gasteiger partial charge in [-0.2, -0.15) is 0 Å². The number of carbonyl (C=O) groups excluding carboxylic acids is 2. The molecule has 0 bridgehead atoms. The lowest BCUT2D eigenvalue weighted by Gasteiger charge is -2.34. The molecule has 3 aliphatic rings. The van der Waals surface area contributed by atoms with Crippen LogP contribution >= 0.6 is 0 Å². The number of ether oxygens (including phenoxy) is 1. The van der Waals surface area contributed by atoms with Crippen LogP contribution in [0.4, 0.5) is 0 Å². The third-order valence-corrected chi connectivity index (χ3v) is 8.02. The summed E-state index contributed by atoms with van der Waals surface area (Å²) in [6.45, 7) is 10.4. The van der Waals surface area contributed by atoms with Crippen LogP contribution in [0.2, 0.25) is 0 Å². The van der Waals surface area contributed by atoms with Crippen molar-refractivity contribution in [2.24, 2.45) is 29.1 Å². The van der Waals surface area contributed by atoms with Crippen molar-refractivity contribution in [3.05, 3.63) is 59.2 Å². The summed E-state index contributed by atoms with van der Waals surface area (Å²) < 4.78 is 6.10. The SMILES string of the molecule is CC1=C[C@H]2[C@@H](O)[C@@H](C)C[C@]2(OC(=O)c2ccccc2)C(=O)/C(C)=C/[C@H]2[C@H](CC1)C2(C)C. The zero-order valence-electron chi connectivity index (χ0n) is 19.2. The molecule has 1 N–H and O–H groups in total. The standard InChI is InChI=1S/C27H34O4/c1-16-11-12-20-21(26(20,4)5)14-17(2)24(29)27(15-18(3)23(28)22(27)13-16)31-25(30)19-9-7-6-8-10-19/h6-10,13-14,18,20-23,28H,11-12,15H2,1-5H3/b16-13?,17-14+/t18-,20-,21-,22-,23-,27+/m0/s1. The molecule has 1 aromatic carbocycles. The van der Waals surface area contributed by atoms with Crippen LogP contribution in [0, 0.1) is 29.1 Å². The van der Waals surface area contributed by atoms with E-state index >= 15 is 0 Å². The van der Waals surface area contributed by atoms with Crippen molar-refractivity contribution in [1.82, 2.24) is 0 Å². The van der Waals surface area contributed by atoms with Gasteiger partial charge in [0, 0.05) is 6.42 Å². The van der Waals surface area contributed by atoms with E-state index in [0.29, 0.717) is 29.4 Å². The molecule has 0 heterocycles. The summed E-state index contributed by atoms with van der Waals surface area (Å²) in [5.41, 5.74) is 0.994. The van der Waals surface area contributed by atoms with Gasteiger partial charge in [-0.15, -0.1) is 0 Å². The maximum Gasteiger partial charge on any atom is 0.339 e. The third-order valence-electron chi connectivity index (χ3n) is 8.02. The summed E-state index contributed by atoms with van der Waals surface area (Å²) in [5, 5.41) is 11.0. The van der Waals surface area contributed by atoms with E-state index < -0.39 is 23.6 Å². The molecule has 1 aromatic rings. The molecule has 0 saturated heterocycles. The number of aliphatic hydroxyl groups excluding tert-OH is 1. The van der Waals surface area contributed by atoms with Crippen molar-refractivity contribution in [2.75, 3.05) is 0 Å². The van der Waals surface area contributed by atoms with Crippen LogP contribution in [0.5, 0.6) is 0 Å². The lowest BCUT2D eigenvalue weighted by molar-refractivity contribution is -0.138. The summed E-state index contributed by atoms with van der Waals surface area (Å²) in [4.78, 5) is 27.0. The Labute approximate surface area is 185 Å². The van der Waals surface area contributed by atoms with E-state index in [1.165, 1.54) is 0 Å². The average Bonchev–Trinajstić information content (AvgIpc) is 3.16. The van der Waals surface area contributed by atoms with Crippen LogP contribution in [0.25, 0.3) is 0 Å². The summed E-state index contributed by atoms with van der Waals surface area (Å²) >= 11 is 0. The number of benzene rings is 1. The highest BCUT2D eigenvalue weighted by atomic mass is 16.6. The molecule has 31 heavy (non-hydrogen) atoms. The number of hydrogen-bond donors (Lipinski definition) is 1. The zero-order chi connectivity index (χ0) is 22.6. The zero-order valence-corrected chi connectivity index (χ0v) is 19.2. The van der Waals surface area contributed by atoms with Gasteiger partial charge in [0.25, 0.3) is 0 Å². The van der Waals surface area contributed by atoms with E-state index in [4.69, 9.17) is 4.74 Å². The minimum Gasteiger partial charge on any atom is -0.446 e. The largest absolute Gasteiger partial charge is 0.446 e. The van der Waals surface area contributed by atoms with Gasteiger partial charge in [0.1, 0.15) is 0 Å². The molecule has 0 radical (unpaired) electrons. The molecule has 0 spiro atoms. The van der Waals surface area contributed by atoms with Crippen LogP contribution in [0.15, 0.2) is 53.6 Å². The molecule has 4 heteroatoms. The van der Waals surface area contributed by atoms with Crippen LogP contribution in [0.1, 0.15) is 64.2 Å². The number of ketones is 1. The highest BCUT2D eigenvalue weighted by Gasteiger charge is 2.60. The number of esters is 1. The Kier molecular flexibility index (Phi) is 5.49. The first-order valence-corrected chi connectivity index (χ1v) is 11.4. The fourth-order valence-electron chi connectivity index (χ4n) is 5.92. The van der Waals surface area contributed by atoms with Crippen molar-refractivity contribution in [2.45, 2.75) is 65.6 Å². The van der Waals surface area contributed by atoms with E-state index in [2.05, 4.69) is 26.8 Å². The molecule has 6 atom stereocenters. The molecule has 2 saturated carbocycles. The van der Waals surface area contributed by atoms with Crippen LogP contribution in [-0.4, -0.2) is 28.6 Å². The fraction of sp³-hybridized carbons (Fsp3) is 0.556. The highest BCUT2D eigenvalue weighted by molar-refractivity contribution is 6.04. The second-order valence-electron chi connectivity index (χ2n) is 10.5. The number of hydrogen-bond acceptors (Lipinski definition) is 4. The molecule has 4 rings (SSSR count). The number of carbonyl (C=O) groups is 2. The average molecular weight is 423 g/mol. The Morgan fingerprint density at radius 2 is 1.77 bits per heavy atom. The molecular weight excluding hydrogens is 388 g/mol. The van der Waals surface area contributed by atoms with Gasteiger partial charge in [-0.1, -0.05) is 56.7 Å². The quantitative estimate of drug-likeness (QED) is 0.530. The van der Waals surface area contributed by atoms with Gasteiger partial charge in [-0.05, 0) is 67.6 Å². The topological polar surface area (TPSA) is 63.6 Å². The molecule has 3 aliphatic carbocycles. The predicted octanol–water partition coefficient (Wildman–Crippen LogP) is 5.13. The Bertz CT molecular complexity index is 941. The first-order valence-electron chi connectivity index (χ1n) is 11.4. The highest BCUT2D eigenvalue weighted by Crippen LogP contribution is 2.62. The van der Waals surface area contributed by atoms with Gasteiger partial charge in [0.05, 0.1) is 17.6 Å². The number of allylic oxidation sites excluding steroid dienone is 2. The molecule has 0 unspecified atom stereocenters. The normalized spacial score (nSPS) is 38.6. The van der Waals surface area contributed by atoms with Crippen molar-refractivity contribution in [3.8, 4) is 0 Å². The van der Waals surface area contributed by atoms with Crippen molar-refractivity contribution < 1.29 is 19.4 Å². The fourth-order valence-corrected chi connectivity index (χ4v) is 5.92. The maximum atomic E-state index is 13.9. The van der Waals surface area contributed by atoms with Gasteiger partial charge >= 0.3 is 5.97 Å². The number of rotatable bonds is 2. The smallest absolute Gasteiger partial charge is 0.339 e. The lowest BCUT2D eigenvalue weighted by Crippen LogP contribution is -2.48. The monoisotopic (exact) mass is 422 g/mol. The predicted molar refractivity (Wildman–Crippen MR) is 120 cm³/mol. The van der Waals surface area contributed by atoms with Gasteiger partial charge in [-0.25, -0.2) is 4.79 Å². The van der Waals surface area contributed by atoms with Crippen LogP contribution in [-0.2, 0) is 9.53 Å². The van der Waals surface area contributed by atoms with Gasteiger partial charge < -0.3 is 9.84 Å². The van der Waals surface area contributed by atoms with E-state index in [1.807, 2.05) is 26.0 Å². The Morgan fingerprint density at radius 1 is 1.10 bits per heavy atom. The second-order valence-corrected chi connectivity index (χ2v) is 10.5. The summed E-state index contributed by atoms with van der Waals surface area (Å²) in [6, 6.07) is 8.78. The first-order chi connectivity index (χ1) is 14.6. The number of aliphatic hydroxyl groups is 1. The number of Topliss-reactive ketones (excluding diaryl/α,β-unsaturated/α-hetero) is 1. The third kappa shape index (κ3) is 3.69. The summed E-state index contributed by atoms with van der Waals surface area (Å²) in [7, 11) is 0. The second kappa shape index (κ2) is 7.74. The maximum absolute atomic E-state index is 13.9. The van der Waals surface area contributed by atoms with Gasteiger partial charge in [0.15, 0.2) is 5.60 Å². The van der Waals surface area contributed by atoms with Crippen molar-refractivity contribution >= 4 is 11.8 Å². The minimum atomic E-state index is -1.38. The minimum absolute atomic E-state index is 0.151. The molecule has 0 amide bonds.